The van der Waals surface area contributed by atoms with Crippen LogP contribution in [0, 0.1) is 0 Å². The molecule has 2 N–H and O–H groups in total. The molecule has 0 spiro atoms. The Morgan fingerprint density at radius 3 is 2.45 bits per heavy atom. The number of benzene rings is 2. The summed E-state index contributed by atoms with van der Waals surface area (Å²) in [5.74, 6) is 0.205. The number of anilines is 2. The smallest absolute Gasteiger partial charge is 0.274 e. The van der Waals surface area contributed by atoms with Crippen LogP contribution in [-0.2, 0) is 9.59 Å². The molecule has 2 aromatic heterocycles. The number of tetrazole rings is 1. The van der Waals surface area contributed by atoms with Gasteiger partial charge < -0.3 is 15.1 Å². The summed E-state index contributed by atoms with van der Waals surface area (Å²) in [6.45, 7) is 1.41. The predicted octanol–water partition coefficient (Wildman–Crippen LogP) is 3.53. The van der Waals surface area contributed by atoms with E-state index < -0.39 is 5.91 Å². The van der Waals surface area contributed by atoms with Gasteiger partial charge in [0.15, 0.2) is 5.82 Å². The molecule has 2 amide bonds. The monoisotopic (exact) mass is 414 g/mol. The Kier molecular flexibility index (Phi) is 5.66. The van der Waals surface area contributed by atoms with Crippen LogP contribution < -0.4 is 10.6 Å². The van der Waals surface area contributed by atoms with E-state index in [1.165, 1.54) is 17.9 Å². The summed E-state index contributed by atoms with van der Waals surface area (Å²) in [7, 11) is 0. The number of rotatable bonds is 6. The third-order valence-corrected chi connectivity index (χ3v) is 4.23. The van der Waals surface area contributed by atoms with Crippen LogP contribution in [0.1, 0.15) is 12.7 Å². The average Bonchev–Trinajstić information content (AvgIpc) is 3.44. The lowest BCUT2D eigenvalue weighted by Crippen LogP contribution is -2.19. The van der Waals surface area contributed by atoms with Crippen molar-refractivity contribution < 1.29 is 14.0 Å². The summed E-state index contributed by atoms with van der Waals surface area (Å²) in [5.41, 5.74) is 1.97. The zero-order valence-electron chi connectivity index (χ0n) is 16.5. The number of carbonyl (C=O) groups excluding carboxylic acids is 2. The highest BCUT2D eigenvalue weighted by molar-refractivity contribution is 6.24. The van der Waals surface area contributed by atoms with Gasteiger partial charge in [-0.15, -0.1) is 5.10 Å². The van der Waals surface area contributed by atoms with Gasteiger partial charge in [0.1, 0.15) is 11.5 Å². The first-order valence-corrected chi connectivity index (χ1v) is 9.38. The summed E-state index contributed by atoms with van der Waals surface area (Å²) in [4.78, 5) is 24.5. The van der Waals surface area contributed by atoms with Crippen LogP contribution in [0.25, 0.3) is 23.2 Å². The van der Waals surface area contributed by atoms with Gasteiger partial charge in [-0.3, -0.25) is 9.59 Å². The third kappa shape index (κ3) is 4.73. The lowest BCUT2D eigenvalue weighted by molar-refractivity contribution is -0.114. The second-order valence-corrected chi connectivity index (χ2v) is 6.54. The first-order valence-electron chi connectivity index (χ1n) is 9.38. The van der Waals surface area contributed by atoms with Crippen LogP contribution in [0.3, 0.4) is 0 Å². The van der Waals surface area contributed by atoms with Crippen molar-refractivity contribution in [1.82, 2.24) is 20.2 Å². The van der Waals surface area contributed by atoms with Crippen LogP contribution in [0.5, 0.6) is 0 Å². The first-order chi connectivity index (χ1) is 15.1. The van der Waals surface area contributed by atoms with Gasteiger partial charge in [-0.25, -0.2) is 0 Å². The molecular weight excluding hydrogens is 396 g/mol. The predicted molar refractivity (Wildman–Crippen MR) is 116 cm³/mol. The molecule has 0 saturated heterocycles. The zero-order valence-corrected chi connectivity index (χ0v) is 16.5. The number of aromatic nitrogens is 4. The van der Waals surface area contributed by atoms with Gasteiger partial charge in [0.05, 0.1) is 6.26 Å². The van der Waals surface area contributed by atoms with Gasteiger partial charge in [-0.2, -0.15) is 4.68 Å². The number of nitrogens with one attached hydrogen (secondary N) is 2. The molecule has 0 bridgehead atoms. The number of hydrogen-bond acceptors (Lipinski definition) is 6. The van der Waals surface area contributed by atoms with Crippen molar-refractivity contribution in [3.8, 4) is 11.4 Å². The number of nitrogens with zero attached hydrogens (tertiary/aromatic N) is 4. The van der Waals surface area contributed by atoms with Crippen LogP contribution in [0.4, 0.5) is 11.4 Å². The largest absolute Gasteiger partial charge is 0.465 e. The quantitative estimate of drug-likeness (QED) is 0.467. The first kappa shape index (κ1) is 19.8. The fourth-order valence-corrected chi connectivity index (χ4v) is 2.92. The molecule has 2 aromatic carbocycles. The summed E-state index contributed by atoms with van der Waals surface area (Å²) in [6, 6.07) is 19.6. The molecular formula is C22H18N6O3. The molecule has 154 valence electrons. The molecule has 4 rings (SSSR count). The molecule has 0 radical (unpaired) electrons. The second-order valence-electron chi connectivity index (χ2n) is 6.54. The molecule has 9 nitrogen and oxygen atoms in total. The lowest BCUT2D eigenvalue weighted by Gasteiger charge is -2.11. The van der Waals surface area contributed by atoms with Crippen LogP contribution in [0.2, 0.25) is 0 Å². The maximum absolute atomic E-state index is 13.2. The second kappa shape index (κ2) is 8.87. The Hall–Kier alpha value is -4.53. The van der Waals surface area contributed by atoms with Gasteiger partial charge >= 0.3 is 0 Å². The van der Waals surface area contributed by atoms with E-state index in [1.807, 2.05) is 30.3 Å². The van der Waals surface area contributed by atoms with Crippen molar-refractivity contribution >= 4 is 35.0 Å². The van der Waals surface area contributed by atoms with E-state index in [4.69, 9.17) is 4.42 Å². The van der Waals surface area contributed by atoms with E-state index in [0.717, 1.165) is 5.56 Å². The van der Waals surface area contributed by atoms with Gasteiger partial charge in [0, 0.05) is 29.9 Å². The minimum absolute atomic E-state index is 0.156. The van der Waals surface area contributed by atoms with E-state index in [2.05, 4.69) is 26.2 Å². The summed E-state index contributed by atoms with van der Waals surface area (Å²) >= 11 is 0. The van der Waals surface area contributed by atoms with Gasteiger partial charge in [0.2, 0.25) is 5.91 Å². The highest BCUT2D eigenvalue weighted by atomic mass is 16.3. The fourth-order valence-electron chi connectivity index (χ4n) is 2.92. The van der Waals surface area contributed by atoms with Gasteiger partial charge in [-0.1, -0.05) is 36.4 Å². The molecule has 0 unspecified atom stereocenters. The van der Waals surface area contributed by atoms with Gasteiger partial charge in [0.25, 0.3) is 5.91 Å². The number of carbonyl (C=O) groups is 2. The van der Waals surface area contributed by atoms with Crippen molar-refractivity contribution in [2.45, 2.75) is 6.92 Å². The number of hydrogen-bond donors (Lipinski definition) is 2. The Labute approximate surface area is 177 Å². The van der Waals surface area contributed by atoms with Crippen molar-refractivity contribution in [2.75, 3.05) is 10.6 Å². The molecule has 9 heteroatoms. The summed E-state index contributed by atoms with van der Waals surface area (Å²) < 4.78 is 6.74. The van der Waals surface area contributed by atoms with E-state index in [-0.39, 0.29) is 11.6 Å². The SMILES string of the molecule is CC(=O)Nc1cccc(NC(=O)C(=Cc2ccco2)n2nnnc2-c2ccccc2)c1. The van der Waals surface area contributed by atoms with Crippen LogP contribution in [0.15, 0.2) is 77.4 Å². The van der Waals surface area contributed by atoms with Crippen LogP contribution >= 0.6 is 0 Å². The molecule has 4 aromatic rings. The standard InChI is InChI=1S/C22H18N6O3/c1-15(29)23-17-9-5-10-18(13-17)24-22(30)20(14-19-11-6-12-31-19)28-21(25-26-27-28)16-7-3-2-4-8-16/h2-14H,1H3,(H,23,29)(H,24,30). The third-order valence-electron chi connectivity index (χ3n) is 4.23. The normalized spacial score (nSPS) is 11.2. The minimum Gasteiger partial charge on any atom is -0.465 e. The highest BCUT2D eigenvalue weighted by Crippen LogP contribution is 2.22. The van der Waals surface area contributed by atoms with Gasteiger partial charge in [-0.05, 0) is 40.8 Å². The maximum Gasteiger partial charge on any atom is 0.274 e. The van der Waals surface area contributed by atoms with Crippen LogP contribution in [-0.4, -0.2) is 32.0 Å². The molecule has 0 atom stereocenters. The van der Waals surface area contributed by atoms with Crippen molar-refractivity contribution in [3.05, 3.63) is 78.8 Å². The van der Waals surface area contributed by atoms with E-state index >= 15 is 0 Å². The molecule has 2 heterocycles. The molecule has 0 aliphatic rings. The lowest BCUT2D eigenvalue weighted by atomic mass is 10.2. The van der Waals surface area contributed by atoms with Crippen molar-refractivity contribution in [2.24, 2.45) is 0 Å². The molecule has 0 aliphatic carbocycles. The zero-order chi connectivity index (χ0) is 21.6. The Morgan fingerprint density at radius 2 is 1.74 bits per heavy atom. The number of furan rings is 1. The minimum atomic E-state index is -0.458. The van der Waals surface area contributed by atoms with E-state index in [1.54, 1.807) is 42.5 Å². The number of amides is 2. The summed E-state index contributed by atoms with van der Waals surface area (Å²) in [5, 5.41) is 17.3. The molecule has 0 saturated carbocycles. The summed E-state index contributed by atoms with van der Waals surface area (Å²) in [6.07, 6.45) is 3.06. The average molecular weight is 414 g/mol. The fraction of sp³-hybridized carbons (Fsp3) is 0.0455. The highest BCUT2D eigenvalue weighted by Gasteiger charge is 2.20. The molecule has 0 fully saturated rings. The van der Waals surface area contributed by atoms with Crippen molar-refractivity contribution in [3.63, 3.8) is 0 Å². The Morgan fingerprint density at radius 1 is 0.968 bits per heavy atom. The molecule has 31 heavy (non-hydrogen) atoms. The molecule has 0 aliphatic heterocycles. The Bertz CT molecular complexity index is 1230. The van der Waals surface area contributed by atoms with E-state index in [9.17, 15) is 9.59 Å². The van der Waals surface area contributed by atoms with Crippen molar-refractivity contribution in [1.29, 1.82) is 0 Å². The maximum atomic E-state index is 13.2. The van der Waals surface area contributed by atoms with E-state index in [0.29, 0.717) is 23.0 Å². The topological polar surface area (TPSA) is 115 Å². The Balaban J connectivity index is 1.70.